The predicted octanol–water partition coefficient (Wildman–Crippen LogP) is 0.871. The van der Waals surface area contributed by atoms with E-state index in [0.717, 1.165) is 44.9 Å². The standard InChI is InChI=1S/C16H28N2O4S.C2HF3O2/c1-17-7-14(9-22-8-13-3-4-13)16(11-17)5-6-18(12-16)15(19)10-23(2,20)21;3-2(4,5)1(6)7/h13-14H,3-12H2,1-2H3;(H,6,7)/t14-,16-;/m1./s1. The number of nitrogens with zero attached hydrogens (tertiary/aromatic N) is 2. The molecule has 3 fully saturated rings. The molecule has 0 radical (unpaired) electrons. The van der Waals surface area contributed by atoms with Gasteiger partial charge < -0.3 is 19.6 Å². The Morgan fingerprint density at radius 2 is 1.80 bits per heavy atom. The van der Waals surface area contributed by atoms with Gasteiger partial charge in [0.2, 0.25) is 5.91 Å². The van der Waals surface area contributed by atoms with Gasteiger partial charge >= 0.3 is 12.1 Å². The number of aliphatic carboxylic acids is 1. The number of carbonyl (C=O) groups excluding carboxylic acids is 1. The van der Waals surface area contributed by atoms with Gasteiger partial charge in [0.15, 0.2) is 9.84 Å². The summed E-state index contributed by atoms with van der Waals surface area (Å²) >= 11 is 0. The average molecular weight is 458 g/mol. The molecule has 2 aliphatic heterocycles. The summed E-state index contributed by atoms with van der Waals surface area (Å²) in [6, 6.07) is 0. The largest absolute Gasteiger partial charge is 0.490 e. The Morgan fingerprint density at radius 1 is 1.20 bits per heavy atom. The number of carbonyl (C=O) groups is 2. The molecule has 0 aromatic heterocycles. The van der Waals surface area contributed by atoms with E-state index < -0.39 is 22.0 Å². The third-order valence-electron chi connectivity index (χ3n) is 5.72. The Labute approximate surface area is 174 Å². The van der Waals surface area contributed by atoms with Crippen LogP contribution in [0, 0.1) is 17.3 Å². The van der Waals surface area contributed by atoms with E-state index in [1.807, 2.05) is 0 Å². The lowest BCUT2D eigenvalue weighted by atomic mass is 9.77. The van der Waals surface area contributed by atoms with Gasteiger partial charge in [-0.15, -0.1) is 0 Å². The number of sulfone groups is 1. The van der Waals surface area contributed by atoms with Gasteiger partial charge in [0, 0.05) is 50.4 Å². The van der Waals surface area contributed by atoms with E-state index in [9.17, 15) is 26.4 Å². The molecule has 12 heteroatoms. The van der Waals surface area contributed by atoms with Gasteiger partial charge in [0.05, 0.1) is 6.61 Å². The molecule has 1 N–H and O–H groups in total. The molecule has 1 aliphatic carbocycles. The maximum atomic E-state index is 12.2. The normalized spacial score (nSPS) is 27.2. The van der Waals surface area contributed by atoms with Crippen LogP contribution >= 0.6 is 0 Å². The van der Waals surface area contributed by atoms with E-state index in [-0.39, 0.29) is 17.1 Å². The lowest BCUT2D eigenvalue weighted by molar-refractivity contribution is -0.192. The van der Waals surface area contributed by atoms with Crippen molar-refractivity contribution >= 4 is 21.7 Å². The lowest BCUT2D eigenvalue weighted by Gasteiger charge is -2.30. The van der Waals surface area contributed by atoms with E-state index in [1.165, 1.54) is 12.8 Å². The second kappa shape index (κ2) is 9.39. The monoisotopic (exact) mass is 458 g/mol. The first kappa shape index (κ1) is 24.9. The number of likely N-dealkylation sites (tertiary alicyclic amines) is 2. The second-order valence-corrected chi connectivity index (χ2v) is 10.8. The SMILES string of the molecule is CN1C[C@H](COCC2CC2)[C@]2(CCN(C(=O)CS(C)(=O)=O)C2)C1.O=C(O)C(F)(F)F. The van der Waals surface area contributed by atoms with Crippen molar-refractivity contribution in [2.45, 2.75) is 25.4 Å². The highest BCUT2D eigenvalue weighted by Crippen LogP contribution is 2.43. The van der Waals surface area contributed by atoms with Crippen LogP contribution in [0.3, 0.4) is 0 Å². The van der Waals surface area contributed by atoms with E-state index >= 15 is 0 Å². The van der Waals surface area contributed by atoms with Crippen molar-refractivity contribution < 1.29 is 41.0 Å². The summed E-state index contributed by atoms with van der Waals surface area (Å²) in [5, 5.41) is 7.12. The quantitative estimate of drug-likeness (QED) is 0.630. The first-order chi connectivity index (χ1) is 13.7. The van der Waals surface area contributed by atoms with Crippen LogP contribution in [0.2, 0.25) is 0 Å². The molecule has 0 aromatic carbocycles. The Balaban J connectivity index is 0.000000396. The van der Waals surface area contributed by atoms with Gasteiger partial charge in [-0.05, 0) is 32.2 Å². The van der Waals surface area contributed by atoms with Crippen molar-refractivity contribution in [2.24, 2.45) is 17.3 Å². The van der Waals surface area contributed by atoms with Crippen molar-refractivity contribution in [3.8, 4) is 0 Å². The van der Waals surface area contributed by atoms with Gasteiger partial charge in [-0.1, -0.05) is 0 Å². The molecule has 2 atom stereocenters. The first-order valence-corrected chi connectivity index (χ1v) is 11.8. The highest BCUT2D eigenvalue weighted by atomic mass is 32.2. The number of hydrogen-bond donors (Lipinski definition) is 1. The van der Waals surface area contributed by atoms with Crippen molar-refractivity contribution in [1.29, 1.82) is 0 Å². The van der Waals surface area contributed by atoms with Crippen LogP contribution in [0.25, 0.3) is 0 Å². The summed E-state index contributed by atoms with van der Waals surface area (Å²) in [6.07, 6.45) is -0.425. The molecule has 3 rings (SSSR count). The van der Waals surface area contributed by atoms with Crippen molar-refractivity contribution in [1.82, 2.24) is 9.80 Å². The highest BCUT2D eigenvalue weighted by Gasteiger charge is 2.50. The fraction of sp³-hybridized carbons (Fsp3) is 0.889. The molecule has 1 spiro atoms. The molecule has 0 bridgehead atoms. The maximum absolute atomic E-state index is 12.2. The molecule has 0 unspecified atom stereocenters. The molecule has 3 aliphatic rings. The zero-order valence-electron chi connectivity index (χ0n) is 17.2. The van der Waals surface area contributed by atoms with Gasteiger partial charge in [-0.2, -0.15) is 13.2 Å². The summed E-state index contributed by atoms with van der Waals surface area (Å²) < 4.78 is 60.4. The molecule has 174 valence electrons. The Bertz CT molecular complexity index is 741. The number of alkyl halides is 3. The minimum Gasteiger partial charge on any atom is -0.475 e. The van der Waals surface area contributed by atoms with Crippen LogP contribution in [0.15, 0.2) is 0 Å². The summed E-state index contributed by atoms with van der Waals surface area (Å²) in [7, 11) is -1.15. The lowest BCUT2D eigenvalue weighted by Crippen LogP contribution is -2.39. The number of rotatable bonds is 6. The van der Waals surface area contributed by atoms with E-state index in [1.54, 1.807) is 4.90 Å². The third-order valence-corrected chi connectivity index (χ3v) is 6.49. The average Bonchev–Trinajstić information content (AvgIpc) is 3.22. The first-order valence-electron chi connectivity index (χ1n) is 9.74. The van der Waals surface area contributed by atoms with Gasteiger partial charge in [-0.3, -0.25) is 4.79 Å². The minimum absolute atomic E-state index is 0.0749. The highest BCUT2D eigenvalue weighted by molar-refractivity contribution is 7.91. The van der Waals surface area contributed by atoms with Gasteiger partial charge in [0.1, 0.15) is 5.75 Å². The molecule has 0 aromatic rings. The van der Waals surface area contributed by atoms with Crippen LogP contribution in [-0.4, -0.2) is 99.8 Å². The Kier molecular flexibility index (Phi) is 7.78. The van der Waals surface area contributed by atoms with E-state index in [4.69, 9.17) is 14.6 Å². The predicted molar refractivity (Wildman–Crippen MR) is 102 cm³/mol. The topological polar surface area (TPSA) is 104 Å². The zero-order valence-corrected chi connectivity index (χ0v) is 18.0. The molecule has 2 heterocycles. The van der Waals surface area contributed by atoms with Crippen molar-refractivity contribution in [2.75, 3.05) is 58.4 Å². The molecule has 1 amide bonds. The van der Waals surface area contributed by atoms with E-state index in [2.05, 4.69) is 11.9 Å². The number of carboxylic acids is 1. The molecule has 2 saturated heterocycles. The summed E-state index contributed by atoms with van der Waals surface area (Å²) in [6.45, 7) is 4.93. The fourth-order valence-corrected chi connectivity index (χ4v) is 4.71. The Morgan fingerprint density at radius 3 is 2.30 bits per heavy atom. The fourth-order valence-electron chi connectivity index (χ4n) is 4.08. The van der Waals surface area contributed by atoms with Crippen LogP contribution in [-0.2, 0) is 24.2 Å². The summed E-state index contributed by atoms with van der Waals surface area (Å²) in [4.78, 5) is 25.2. The molecule has 30 heavy (non-hydrogen) atoms. The zero-order chi connectivity index (χ0) is 22.7. The number of carboxylic acid groups (broad SMARTS) is 1. The van der Waals surface area contributed by atoms with Crippen LogP contribution in [0.4, 0.5) is 13.2 Å². The third kappa shape index (κ3) is 7.38. The molecular weight excluding hydrogens is 429 g/mol. The molecular formula is C18H29F3N2O6S. The van der Waals surface area contributed by atoms with Crippen LogP contribution < -0.4 is 0 Å². The van der Waals surface area contributed by atoms with Gasteiger partial charge in [0.25, 0.3) is 0 Å². The second-order valence-electron chi connectivity index (χ2n) is 8.68. The number of amides is 1. The summed E-state index contributed by atoms with van der Waals surface area (Å²) in [5.41, 5.74) is 0.0749. The molecule has 1 saturated carbocycles. The van der Waals surface area contributed by atoms with Crippen LogP contribution in [0.5, 0.6) is 0 Å². The van der Waals surface area contributed by atoms with E-state index in [0.29, 0.717) is 19.0 Å². The van der Waals surface area contributed by atoms with Crippen molar-refractivity contribution in [3.05, 3.63) is 0 Å². The van der Waals surface area contributed by atoms with Crippen molar-refractivity contribution in [3.63, 3.8) is 0 Å². The maximum Gasteiger partial charge on any atom is 0.490 e. The number of halogens is 3. The molecule has 8 nitrogen and oxygen atoms in total. The number of ether oxygens (including phenoxy) is 1. The Hall–Kier alpha value is -1.40. The van der Waals surface area contributed by atoms with Crippen LogP contribution in [0.1, 0.15) is 19.3 Å². The smallest absolute Gasteiger partial charge is 0.475 e. The number of hydrogen-bond acceptors (Lipinski definition) is 6. The summed E-state index contributed by atoms with van der Waals surface area (Å²) in [5.74, 6) is -2.19. The minimum atomic E-state index is -5.08. The van der Waals surface area contributed by atoms with Gasteiger partial charge in [-0.25, -0.2) is 13.2 Å².